The molecule has 0 aliphatic carbocycles. The zero-order valence-corrected chi connectivity index (χ0v) is 17.2. The van der Waals surface area contributed by atoms with Crippen LogP contribution in [-0.2, 0) is 19.6 Å². The molecule has 3 rings (SSSR count). The number of non-ortho nitro benzene ring substituents is 1. The standard InChI is InChI=1S/C18H14N4O7S2/c19-31(28,29)14-7-3-12(4-8-14)20-16(23)10-21-17(24)15(30-18(21)25)9-11-1-5-13(6-2-11)22(26)27/h1-9H,10H2,(H,20,23)(H2,19,28,29)/b15-9-. The predicted molar refractivity (Wildman–Crippen MR) is 112 cm³/mol. The molecule has 0 aromatic heterocycles. The number of nitrogens with zero attached hydrogens (tertiary/aromatic N) is 2. The molecule has 2 aromatic rings. The Morgan fingerprint density at radius 2 is 1.74 bits per heavy atom. The van der Waals surface area contributed by atoms with E-state index in [1.807, 2.05) is 0 Å². The quantitative estimate of drug-likeness (QED) is 0.372. The molecule has 3 N–H and O–H groups in total. The zero-order chi connectivity index (χ0) is 22.8. The number of carbonyl (C=O) groups excluding carboxylic acids is 3. The maximum absolute atomic E-state index is 12.5. The van der Waals surface area contributed by atoms with Crippen molar-refractivity contribution in [2.45, 2.75) is 4.90 Å². The molecule has 0 radical (unpaired) electrons. The third-order valence-electron chi connectivity index (χ3n) is 4.04. The highest BCUT2D eigenvalue weighted by atomic mass is 32.2. The van der Waals surface area contributed by atoms with Gasteiger partial charge in [0, 0.05) is 17.8 Å². The SMILES string of the molecule is NS(=O)(=O)c1ccc(NC(=O)CN2C(=O)S/C(=C\c3ccc([N+](=O)[O-])cc3)C2=O)cc1. The maximum Gasteiger partial charge on any atom is 0.294 e. The lowest BCUT2D eigenvalue weighted by Gasteiger charge is -2.12. The van der Waals surface area contributed by atoms with Crippen molar-refractivity contribution in [1.82, 2.24) is 4.90 Å². The minimum Gasteiger partial charge on any atom is -0.325 e. The fourth-order valence-electron chi connectivity index (χ4n) is 2.55. The summed E-state index contributed by atoms with van der Waals surface area (Å²) in [5, 5.41) is 17.5. The number of anilines is 1. The Morgan fingerprint density at radius 3 is 2.29 bits per heavy atom. The zero-order valence-electron chi connectivity index (χ0n) is 15.5. The number of hydrogen-bond donors (Lipinski definition) is 2. The lowest BCUT2D eigenvalue weighted by molar-refractivity contribution is -0.384. The second kappa shape index (κ2) is 8.67. The Labute approximate surface area is 180 Å². The van der Waals surface area contributed by atoms with E-state index in [0.717, 1.165) is 4.90 Å². The average molecular weight is 462 g/mol. The number of primary sulfonamides is 1. The van der Waals surface area contributed by atoms with E-state index in [2.05, 4.69) is 5.32 Å². The number of nitrogens with one attached hydrogen (secondary N) is 1. The van der Waals surface area contributed by atoms with Gasteiger partial charge in [0.05, 0.1) is 14.7 Å². The number of rotatable bonds is 6. The van der Waals surface area contributed by atoms with Crippen molar-refractivity contribution in [3.05, 3.63) is 69.1 Å². The number of nitrogens with two attached hydrogens (primary N) is 1. The topological polar surface area (TPSA) is 170 Å². The van der Waals surface area contributed by atoms with Crippen LogP contribution in [0.2, 0.25) is 0 Å². The summed E-state index contributed by atoms with van der Waals surface area (Å²) < 4.78 is 22.5. The molecule has 2 aromatic carbocycles. The molecule has 1 saturated heterocycles. The van der Waals surface area contributed by atoms with Crippen LogP contribution in [0, 0.1) is 10.1 Å². The van der Waals surface area contributed by atoms with Gasteiger partial charge in [-0.15, -0.1) is 0 Å². The summed E-state index contributed by atoms with van der Waals surface area (Å²) in [5.74, 6) is -1.34. The van der Waals surface area contributed by atoms with Crippen LogP contribution in [0.5, 0.6) is 0 Å². The van der Waals surface area contributed by atoms with Crippen LogP contribution in [0.25, 0.3) is 6.08 Å². The van der Waals surface area contributed by atoms with Crippen LogP contribution in [-0.4, -0.2) is 41.8 Å². The second-order valence-electron chi connectivity index (χ2n) is 6.23. The Hall–Kier alpha value is -3.55. The van der Waals surface area contributed by atoms with Gasteiger partial charge < -0.3 is 5.32 Å². The molecule has 0 spiro atoms. The highest BCUT2D eigenvalue weighted by Crippen LogP contribution is 2.32. The molecular weight excluding hydrogens is 448 g/mol. The summed E-state index contributed by atoms with van der Waals surface area (Å²) in [6.07, 6.45) is 1.40. The third-order valence-corrected chi connectivity index (χ3v) is 5.88. The molecule has 11 nitrogen and oxygen atoms in total. The molecule has 0 unspecified atom stereocenters. The molecule has 3 amide bonds. The number of imide groups is 1. The van der Waals surface area contributed by atoms with E-state index in [1.165, 1.54) is 54.6 Å². The van der Waals surface area contributed by atoms with Crippen LogP contribution in [0.4, 0.5) is 16.2 Å². The molecule has 1 heterocycles. The highest BCUT2D eigenvalue weighted by molar-refractivity contribution is 8.18. The van der Waals surface area contributed by atoms with E-state index < -0.39 is 38.5 Å². The van der Waals surface area contributed by atoms with E-state index >= 15 is 0 Å². The Morgan fingerprint density at radius 1 is 1.13 bits per heavy atom. The van der Waals surface area contributed by atoms with Gasteiger partial charge in [-0.1, -0.05) is 0 Å². The molecule has 0 bridgehead atoms. The van der Waals surface area contributed by atoms with Gasteiger partial charge in [0.25, 0.3) is 16.8 Å². The van der Waals surface area contributed by atoms with Crippen LogP contribution in [0.3, 0.4) is 0 Å². The Bertz CT molecular complexity index is 1210. The average Bonchev–Trinajstić information content (AvgIpc) is 2.95. The fourth-order valence-corrected chi connectivity index (χ4v) is 3.91. The largest absolute Gasteiger partial charge is 0.325 e. The first-order valence-electron chi connectivity index (χ1n) is 8.47. The molecule has 13 heteroatoms. The molecule has 160 valence electrons. The van der Waals surface area contributed by atoms with Gasteiger partial charge in [0.2, 0.25) is 15.9 Å². The first kappa shape index (κ1) is 22.1. The highest BCUT2D eigenvalue weighted by Gasteiger charge is 2.36. The van der Waals surface area contributed by atoms with Gasteiger partial charge >= 0.3 is 0 Å². The van der Waals surface area contributed by atoms with Crippen molar-refractivity contribution in [3.8, 4) is 0 Å². The van der Waals surface area contributed by atoms with Gasteiger partial charge in [-0.05, 0) is 59.8 Å². The number of amides is 3. The Balaban J connectivity index is 1.66. The summed E-state index contributed by atoms with van der Waals surface area (Å²) in [5.41, 5.74) is 0.625. The second-order valence-corrected chi connectivity index (χ2v) is 8.79. The monoisotopic (exact) mass is 462 g/mol. The molecule has 0 saturated carbocycles. The van der Waals surface area contributed by atoms with Crippen LogP contribution >= 0.6 is 11.8 Å². The van der Waals surface area contributed by atoms with E-state index in [1.54, 1.807) is 0 Å². The number of nitro benzene ring substituents is 1. The summed E-state index contributed by atoms with van der Waals surface area (Å²) in [7, 11) is -3.87. The predicted octanol–water partition coefficient (Wildman–Crippen LogP) is 1.92. The van der Waals surface area contributed by atoms with Gasteiger partial charge in [0.1, 0.15) is 6.54 Å². The fraction of sp³-hybridized carbons (Fsp3) is 0.0556. The summed E-state index contributed by atoms with van der Waals surface area (Å²) in [6, 6.07) is 10.5. The lowest BCUT2D eigenvalue weighted by Crippen LogP contribution is -2.36. The van der Waals surface area contributed by atoms with Crippen LogP contribution in [0.1, 0.15) is 5.56 Å². The van der Waals surface area contributed by atoms with Crippen molar-refractivity contribution in [2.75, 3.05) is 11.9 Å². The van der Waals surface area contributed by atoms with Crippen molar-refractivity contribution in [3.63, 3.8) is 0 Å². The minimum absolute atomic E-state index is 0.0733. The minimum atomic E-state index is -3.87. The number of thioether (sulfide) groups is 1. The number of hydrogen-bond acceptors (Lipinski definition) is 8. The first-order chi connectivity index (χ1) is 14.5. The number of nitro groups is 1. The normalized spacial score (nSPS) is 15.4. The maximum atomic E-state index is 12.5. The summed E-state index contributed by atoms with van der Waals surface area (Å²) in [6.45, 7) is -0.542. The van der Waals surface area contributed by atoms with Gasteiger partial charge in [-0.3, -0.25) is 29.4 Å². The number of benzene rings is 2. The van der Waals surface area contributed by atoms with Gasteiger partial charge in [0.15, 0.2) is 0 Å². The summed E-state index contributed by atoms with van der Waals surface area (Å²) in [4.78, 5) is 47.7. The molecule has 31 heavy (non-hydrogen) atoms. The van der Waals surface area contributed by atoms with Crippen LogP contribution in [0.15, 0.2) is 58.3 Å². The van der Waals surface area contributed by atoms with Gasteiger partial charge in [-0.25, -0.2) is 13.6 Å². The van der Waals surface area contributed by atoms with Crippen LogP contribution < -0.4 is 10.5 Å². The molecule has 1 aliphatic rings. The summed E-state index contributed by atoms with van der Waals surface area (Å²) >= 11 is 0.644. The number of carbonyl (C=O) groups is 3. The van der Waals surface area contributed by atoms with E-state index in [9.17, 15) is 32.9 Å². The Kier molecular flexibility index (Phi) is 6.19. The van der Waals surface area contributed by atoms with Crippen molar-refractivity contribution in [2.24, 2.45) is 5.14 Å². The van der Waals surface area contributed by atoms with E-state index in [-0.39, 0.29) is 21.2 Å². The first-order valence-corrected chi connectivity index (χ1v) is 10.8. The molecular formula is C18H14N4O7S2. The molecule has 0 atom stereocenters. The van der Waals surface area contributed by atoms with Crippen molar-refractivity contribution in [1.29, 1.82) is 0 Å². The lowest BCUT2D eigenvalue weighted by atomic mass is 10.2. The molecule has 1 aliphatic heterocycles. The van der Waals surface area contributed by atoms with E-state index in [0.29, 0.717) is 17.3 Å². The van der Waals surface area contributed by atoms with Crippen molar-refractivity contribution < 1.29 is 27.7 Å². The third kappa shape index (κ3) is 5.33. The smallest absolute Gasteiger partial charge is 0.294 e. The van der Waals surface area contributed by atoms with Crippen molar-refractivity contribution >= 4 is 56.3 Å². The van der Waals surface area contributed by atoms with Gasteiger partial charge in [-0.2, -0.15) is 0 Å². The molecule has 1 fully saturated rings. The van der Waals surface area contributed by atoms with E-state index in [4.69, 9.17) is 5.14 Å². The number of sulfonamides is 1.